The lowest BCUT2D eigenvalue weighted by Crippen LogP contribution is -2.69. The van der Waals surface area contributed by atoms with Gasteiger partial charge in [0.2, 0.25) is 5.91 Å². The van der Waals surface area contributed by atoms with Crippen LogP contribution in [0.2, 0.25) is 0 Å². The van der Waals surface area contributed by atoms with Crippen LogP contribution in [0, 0.1) is 0 Å². The average molecular weight is 1680 g/mol. The second kappa shape index (κ2) is 40.6. The van der Waals surface area contributed by atoms with Crippen LogP contribution in [0.25, 0.3) is 0 Å². The number of carbonyl (C=O) groups is 1. The first-order valence-corrected chi connectivity index (χ1v) is 36.2. The van der Waals surface area contributed by atoms with Crippen molar-refractivity contribution in [3.8, 4) is 0 Å². The lowest BCUT2D eigenvalue weighted by molar-refractivity contribution is -0.408. The van der Waals surface area contributed by atoms with E-state index in [4.69, 9.17) is 90.0 Å². The minimum Gasteiger partial charge on any atom is -0.394 e. The van der Waals surface area contributed by atoms with Crippen molar-refractivity contribution in [2.24, 2.45) is 0 Å². The van der Waals surface area contributed by atoms with E-state index in [-0.39, 0.29) is 0 Å². The van der Waals surface area contributed by atoms with Gasteiger partial charge >= 0.3 is 0 Å². The minimum atomic E-state index is -2.57. The highest BCUT2D eigenvalue weighted by atomic mass is 16.8. The molecule has 664 valence electrons. The maximum absolute atomic E-state index is 12.6. The highest BCUT2D eigenvalue weighted by Gasteiger charge is 2.61. The maximum Gasteiger partial charge on any atom is 0.217 e. The fourth-order valence-electron chi connectivity index (χ4n) is 14.6. The van der Waals surface area contributed by atoms with Crippen LogP contribution >= 0.6 is 0 Å². The van der Waals surface area contributed by atoms with Crippen LogP contribution in [-0.2, 0) is 94.8 Å². The van der Waals surface area contributed by atoms with E-state index < -0.39 is 379 Å². The number of aliphatic hydroxyl groups is 31. The molecule has 1 amide bonds. The number of amides is 1. The summed E-state index contributed by atoms with van der Waals surface area (Å²) in [5, 5.41) is 344. The van der Waals surface area contributed by atoms with Gasteiger partial charge in [-0.3, -0.25) is 4.79 Å². The van der Waals surface area contributed by atoms with E-state index in [9.17, 15) is 163 Å². The third kappa shape index (κ3) is 19.7. The smallest absolute Gasteiger partial charge is 0.217 e. The third-order valence-corrected chi connectivity index (χ3v) is 21.3. The summed E-state index contributed by atoms with van der Waals surface area (Å²) in [6, 6.07) is -1.81. The highest BCUT2D eigenvalue weighted by Crippen LogP contribution is 2.41. The molecule has 10 saturated heterocycles. The molecular formula is C62H105NO51. The molecule has 0 aromatic carbocycles. The molecule has 32 N–H and O–H groups in total. The summed E-state index contributed by atoms with van der Waals surface area (Å²) in [5.74, 6) is -0.882. The van der Waals surface area contributed by atoms with E-state index in [0.717, 1.165) is 6.92 Å². The van der Waals surface area contributed by atoms with E-state index >= 15 is 0 Å². The Morgan fingerprint density at radius 3 is 0.789 bits per heavy atom. The molecule has 50 unspecified atom stereocenters. The van der Waals surface area contributed by atoms with Gasteiger partial charge in [0.15, 0.2) is 62.9 Å². The molecule has 0 spiro atoms. The van der Waals surface area contributed by atoms with Crippen LogP contribution in [0.4, 0.5) is 0 Å². The molecule has 0 radical (unpaired) electrons. The largest absolute Gasteiger partial charge is 0.394 e. The molecule has 0 bridgehead atoms. The number of carbonyl (C=O) groups excluding carboxylic acids is 1. The topological polar surface area (TPSA) is 832 Å². The van der Waals surface area contributed by atoms with Gasteiger partial charge in [-0.25, -0.2) is 0 Å². The molecular weight excluding hydrogens is 1570 g/mol. The third-order valence-electron chi connectivity index (χ3n) is 21.3. The number of hydrogen-bond donors (Lipinski definition) is 32. The summed E-state index contributed by atoms with van der Waals surface area (Å²) in [7, 11) is 0. The van der Waals surface area contributed by atoms with E-state index in [1.807, 2.05) is 0 Å². The first-order valence-electron chi connectivity index (χ1n) is 36.2. The van der Waals surface area contributed by atoms with Gasteiger partial charge < -0.3 is 254 Å². The summed E-state index contributed by atoms with van der Waals surface area (Å²) in [5.41, 5.74) is 0. The second-order valence-corrected chi connectivity index (χ2v) is 28.8. The predicted octanol–water partition coefficient (Wildman–Crippen LogP) is -22.7. The number of rotatable bonds is 29. The predicted molar refractivity (Wildman–Crippen MR) is 341 cm³/mol. The lowest BCUT2D eigenvalue weighted by Gasteiger charge is -2.50. The molecule has 52 heteroatoms. The van der Waals surface area contributed by atoms with Crippen molar-refractivity contribution in [2.45, 2.75) is 314 Å². The van der Waals surface area contributed by atoms with Gasteiger partial charge in [0.05, 0.1) is 66.1 Å². The van der Waals surface area contributed by atoms with Crippen LogP contribution < -0.4 is 5.32 Å². The Bertz CT molecular complexity index is 2920. The van der Waals surface area contributed by atoms with E-state index in [1.54, 1.807) is 0 Å². The van der Waals surface area contributed by atoms with Crippen molar-refractivity contribution in [3.05, 3.63) is 0 Å². The Labute approximate surface area is 642 Å². The monoisotopic (exact) mass is 1680 g/mol. The zero-order chi connectivity index (χ0) is 83.7. The van der Waals surface area contributed by atoms with E-state index in [2.05, 4.69) is 5.32 Å². The normalized spacial score (nSPS) is 52.6. The van der Waals surface area contributed by atoms with Crippen LogP contribution in [0.5, 0.6) is 0 Å². The van der Waals surface area contributed by atoms with Gasteiger partial charge in [0.1, 0.15) is 244 Å². The zero-order valence-corrected chi connectivity index (χ0v) is 60.0. The SMILES string of the molecule is CC(=O)NC1C(O)OC(CO)C(OC2OC(COC3OC(COC4OC(CO)C(O)C(O)C4OC4OC(CO)C(O)C(O)C4O)C(O)C(OC4OC(CO)C(O)C(O)C4OC4OC(CO)C(O)C(O)C4O)C3O)C(O)C(OC3OC(CO)C(O)C(O)C3OC3OC(CO)C(O)C(O)C3OC3OC(CO)C(O)C(O)C3O)C2O)C1O. The summed E-state index contributed by atoms with van der Waals surface area (Å²) in [4.78, 5) is 12.4. The van der Waals surface area contributed by atoms with E-state index in [1.165, 1.54) is 0 Å². The van der Waals surface area contributed by atoms with Crippen LogP contribution in [-0.4, -0.2) is 537 Å². The molecule has 0 aromatic rings. The molecule has 0 saturated carbocycles. The quantitative estimate of drug-likeness (QED) is 0.0331. The van der Waals surface area contributed by atoms with Crippen molar-refractivity contribution in [1.82, 2.24) is 5.32 Å². The van der Waals surface area contributed by atoms with Gasteiger partial charge in [-0.15, -0.1) is 0 Å². The first-order chi connectivity index (χ1) is 54.0. The Kier molecular flexibility index (Phi) is 33.4. The molecule has 0 aromatic heterocycles. The molecule has 114 heavy (non-hydrogen) atoms. The summed E-state index contributed by atoms with van der Waals surface area (Å²) < 4.78 is 111. The zero-order valence-electron chi connectivity index (χ0n) is 60.0. The summed E-state index contributed by atoms with van der Waals surface area (Å²) in [6.45, 7) is -10.3. The summed E-state index contributed by atoms with van der Waals surface area (Å²) >= 11 is 0. The Balaban J connectivity index is 0.999. The van der Waals surface area contributed by atoms with Gasteiger partial charge in [-0.2, -0.15) is 0 Å². The number of ether oxygens (including phenoxy) is 19. The molecule has 52 nitrogen and oxygen atoms in total. The molecule has 0 aliphatic carbocycles. The fraction of sp³-hybridized carbons (Fsp3) is 0.984. The molecule has 10 fully saturated rings. The van der Waals surface area contributed by atoms with Gasteiger partial charge in [-0.1, -0.05) is 0 Å². The van der Waals surface area contributed by atoms with Gasteiger partial charge in [0, 0.05) is 6.92 Å². The number of hydrogen-bond acceptors (Lipinski definition) is 51. The Morgan fingerprint density at radius 1 is 0.228 bits per heavy atom. The number of nitrogens with one attached hydrogen (secondary N) is 1. The van der Waals surface area contributed by atoms with Crippen molar-refractivity contribution < 1.29 is 253 Å². The van der Waals surface area contributed by atoms with Crippen molar-refractivity contribution >= 4 is 5.91 Å². The van der Waals surface area contributed by atoms with Crippen LogP contribution in [0.15, 0.2) is 0 Å². The maximum atomic E-state index is 12.6. The fourth-order valence-corrected chi connectivity index (χ4v) is 14.6. The minimum absolute atomic E-state index is 0.882. The van der Waals surface area contributed by atoms with Gasteiger partial charge in [0.25, 0.3) is 0 Å². The van der Waals surface area contributed by atoms with Crippen molar-refractivity contribution in [3.63, 3.8) is 0 Å². The van der Waals surface area contributed by atoms with E-state index in [0.29, 0.717) is 0 Å². The molecule has 10 heterocycles. The summed E-state index contributed by atoms with van der Waals surface area (Å²) in [6.07, 6.45) is -107. The molecule has 10 rings (SSSR count). The second-order valence-electron chi connectivity index (χ2n) is 28.8. The average Bonchev–Trinajstić information content (AvgIpc) is 0.725. The Hall–Kier alpha value is -2.53. The van der Waals surface area contributed by atoms with Crippen molar-refractivity contribution in [1.29, 1.82) is 0 Å². The highest BCUT2D eigenvalue weighted by molar-refractivity contribution is 5.73. The number of aliphatic hydroxyl groups excluding tert-OH is 31. The van der Waals surface area contributed by atoms with Crippen molar-refractivity contribution in [2.75, 3.05) is 66.1 Å². The van der Waals surface area contributed by atoms with Crippen LogP contribution in [0.3, 0.4) is 0 Å². The first kappa shape index (κ1) is 93.7. The van der Waals surface area contributed by atoms with Gasteiger partial charge in [-0.05, 0) is 0 Å². The molecule has 50 atom stereocenters. The van der Waals surface area contributed by atoms with Crippen LogP contribution in [0.1, 0.15) is 6.92 Å². The lowest BCUT2D eigenvalue weighted by atomic mass is 9.94. The molecule has 10 aliphatic rings. The Morgan fingerprint density at radius 2 is 0.465 bits per heavy atom. The standard InChI is InChI=1S/C62H105NO51/c1-12(72)63-23-33(82)46(20(9-71)98-53(23)95)108-58-45(94)48(110-61-52(40(89)30(79)18(7-69)104-61)114-62-51(39(88)29(78)19(8-70)105-62)113-57-43(92)36(85)26(75)15(4-66)101-57)32(81)22(107-58)10-96-54-44(93)47(109-60-50(38(87)28(77)17(6-68)103-60)112-56-42(91)35(84)25(74)14(3-65)100-56)31(80)21(106-54)11-97-59-49(37(86)27(76)16(5-67)102-59)111-55-41(90)34(83)24(73)13(2-64)99-55/h13-62,64-71,73-95H,2-11H2,1H3,(H,63,72). The molecule has 10 aliphatic heterocycles.